The molecule has 0 aliphatic carbocycles. The largest absolute Gasteiger partial charge is 0.506 e. The van der Waals surface area contributed by atoms with E-state index in [9.17, 15) is 10.2 Å². The Morgan fingerprint density at radius 3 is 2.67 bits per heavy atom. The molecule has 0 fully saturated rings. The molecule has 0 amide bonds. The first-order valence-electron chi connectivity index (χ1n) is 5.46. The lowest BCUT2D eigenvalue weighted by atomic mass is 10.1. The number of rotatable bonds is 3. The van der Waals surface area contributed by atoms with E-state index in [1.165, 1.54) is 7.11 Å². The number of aromatic nitrogens is 3. The summed E-state index contributed by atoms with van der Waals surface area (Å²) in [6.45, 7) is 1.55. The molecular formula is C12H15N3O3. The van der Waals surface area contributed by atoms with Crippen LogP contribution >= 0.6 is 0 Å². The Balaban J connectivity index is 2.64. The minimum Gasteiger partial charge on any atom is -0.506 e. The molecule has 0 aliphatic rings. The van der Waals surface area contributed by atoms with Crippen LogP contribution in [0.4, 0.5) is 0 Å². The Morgan fingerprint density at radius 1 is 1.39 bits per heavy atom. The second-order valence-corrected chi connectivity index (χ2v) is 3.91. The molecule has 2 aromatic rings. The van der Waals surface area contributed by atoms with E-state index in [2.05, 4.69) is 10.1 Å². The summed E-state index contributed by atoms with van der Waals surface area (Å²) in [5.74, 6) is 0.534. The van der Waals surface area contributed by atoms with Crippen LogP contribution in [-0.4, -0.2) is 32.1 Å². The Kier molecular flexibility index (Phi) is 3.20. The van der Waals surface area contributed by atoms with Gasteiger partial charge in [-0.3, -0.25) is 4.68 Å². The van der Waals surface area contributed by atoms with Crippen molar-refractivity contribution < 1.29 is 14.9 Å². The van der Waals surface area contributed by atoms with E-state index in [1.54, 1.807) is 30.8 Å². The Bertz CT molecular complexity index is 578. The van der Waals surface area contributed by atoms with E-state index in [4.69, 9.17) is 4.74 Å². The van der Waals surface area contributed by atoms with Crippen LogP contribution in [0.5, 0.6) is 11.6 Å². The number of nitrogens with zero attached hydrogens (tertiary/aromatic N) is 3. The van der Waals surface area contributed by atoms with Gasteiger partial charge in [0.25, 0.3) is 0 Å². The Morgan fingerprint density at radius 2 is 2.11 bits per heavy atom. The molecule has 0 aliphatic heterocycles. The molecule has 6 heteroatoms. The maximum absolute atomic E-state index is 9.48. The summed E-state index contributed by atoms with van der Waals surface area (Å²) in [6.07, 6.45) is 0. The molecule has 0 bridgehead atoms. The summed E-state index contributed by atoms with van der Waals surface area (Å²) in [5, 5.41) is 23.0. The zero-order chi connectivity index (χ0) is 13.3. The van der Waals surface area contributed by atoms with Crippen molar-refractivity contribution >= 4 is 0 Å². The molecular weight excluding hydrogens is 234 g/mol. The summed E-state index contributed by atoms with van der Waals surface area (Å²) >= 11 is 0. The van der Waals surface area contributed by atoms with Gasteiger partial charge in [0, 0.05) is 7.05 Å². The van der Waals surface area contributed by atoms with Gasteiger partial charge in [-0.05, 0) is 19.1 Å². The van der Waals surface area contributed by atoms with Gasteiger partial charge in [0.2, 0.25) is 5.88 Å². The number of aryl methyl sites for hydroxylation is 2. The van der Waals surface area contributed by atoms with Gasteiger partial charge in [-0.15, -0.1) is 5.10 Å². The van der Waals surface area contributed by atoms with Crippen molar-refractivity contribution in [3.05, 3.63) is 23.5 Å². The van der Waals surface area contributed by atoms with Crippen molar-refractivity contribution in [3.8, 4) is 22.9 Å². The second kappa shape index (κ2) is 4.66. The number of aliphatic hydroxyl groups is 1. The van der Waals surface area contributed by atoms with Crippen LogP contribution in [0.3, 0.4) is 0 Å². The van der Waals surface area contributed by atoms with Gasteiger partial charge in [0.1, 0.15) is 5.75 Å². The van der Waals surface area contributed by atoms with Gasteiger partial charge in [-0.2, -0.15) is 0 Å². The molecule has 2 rings (SSSR count). The van der Waals surface area contributed by atoms with E-state index in [0.717, 1.165) is 0 Å². The van der Waals surface area contributed by atoms with E-state index in [-0.39, 0.29) is 12.4 Å². The maximum Gasteiger partial charge on any atom is 0.242 e. The summed E-state index contributed by atoms with van der Waals surface area (Å²) in [7, 11) is 3.24. The highest BCUT2D eigenvalue weighted by Gasteiger charge is 2.19. The molecule has 0 spiro atoms. The standard InChI is InChI=1S/C12H15N3O3/c1-7-10(17)5-4-8(13-7)11-9(6-16)15(2)14-12(11)18-3/h4-5,16-17H,6H2,1-3H3. The molecule has 2 heterocycles. The number of methoxy groups -OCH3 is 1. The molecule has 6 nitrogen and oxygen atoms in total. The fourth-order valence-corrected chi connectivity index (χ4v) is 1.81. The molecule has 0 aromatic carbocycles. The summed E-state index contributed by atoms with van der Waals surface area (Å²) in [6, 6.07) is 3.23. The van der Waals surface area contributed by atoms with Crippen molar-refractivity contribution in [2.24, 2.45) is 7.05 Å². The molecule has 0 saturated heterocycles. The first kappa shape index (κ1) is 12.4. The highest BCUT2D eigenvalue weighted by Crippen LogP contribution is 2.32. The van der Waals surface area contributed by atoms with Crippen molar-refractivity contribution in [1.29, 1.82) is 0 Å². The van der Waals surface area contributed by atoms with E-state index in [0.29, 0.717) is 28.5 Å². The zero-order valence-electron chi connectivity index (χ0n) is 10.5. The zero-order valence-corrected chi connectivity index (χ0v) is 10.5. The lowest BCUT2D eigenvalue weighted by Crippen LogP contribution is -1.99. The third-order valence-corrected chi connectivity index (χ3v) is 2.79. The third-order valence-electron chi connectivity index (χ3n) is 2.79. The van der Waals surface area contributed by atoms with Crippen molar-refractivity contribution in [2.75, 3.05) is 7.11 Å². The summed E-state index contributed by atoms with van der Waals surface area (Å²) in [4.78, 5) is 4.28. The van der Waals surface area contributed by atoms with E-state index < -0.39 is 0 Å². The highest BCUT2D eigenvalue weighted by atomic mass is 16.5. The predicted molar refractivity (Wildman–Crippen MR) is 65.3 cm³/mol. The van der Waals surface area contributed by atoms with Gasteiger partial charge in [0.05, 0.1) is 36.4 Å². The lowest BCUT2D eigenvalue weighted by molar-refractivity contribution is 0.271. The lowest BCUT2D eigenvalue weighted by Gasteiger charge is -2.05. The van der Waals surface area contributed by atoms with Crippen molar-refractivity contribution in [2.45, 2.75) is 13.5 Å². The normalized spacial score (nSPS) is 10.7. The van der Waals surface area contributed by atoms with Crippen molar-refractivity contribution in [1.82, 2.24) is 14.8 Å². The van der Waals surface area contributed by atoms with E-state index in [1.807, 2.05) is 0 Å². The Hall–Kier alpha value is -2.08. The van der Waals surface area contributed by atoms with Crippen LogP contribution < -0.4 is 4.74 Å². The van der Waals surface area contributed by atoms with Crippen LogP contribution in [-0.2, 0) is 13.7 Å². The summed E-state index contributed by atoms with van der Waals surface area (Å²) < 4.78 is 6.74. The van der Waals surface area contributed by atoms with Crippen LogP contribution in [0.1, 0.15) is 11.4 Å². The minimum atomic E-state index is -0.163. The SMILES string of the molecule is COc1nn(C)c(CO)c1-c1ccc(O)c(C)n1. The average Bonchev–Trinajstić information content (AvgIpc) is 2.68. The van der Waals surface area contributed by atoms with Crippen molar-refractivity contribution in [3.63, 3.8) is 0 Å². The van der Waals surface area contributed by atoms with Gasteiger partial charge in [-0.1, -0.05) is 0 Å². The molecule has 2 aromatic heterocycles. The third kappa shape index (κ3) is 1.91. The molecule has 0 radical (unpaired) electrons. The van der Waals surface area contributed by atoms with Gasteiger partial charge >= 0.3 is 0 Å². The fourth-order valence-electron chi connectivity index (χ4n) is 1.81. The molecule has 0 atom stereocenters. The topological polar surface area (TPSA) is 80.4 Å². The molecule has 18 heavy (non-hydrogen) atoms. The Labute approximate surface area is 104 Å². The van der Waals surface area contributed by atoms with Crippen LogP contribution in [0.2, 0.25) is 0 Å². The van der Waals surface area contributed by atoms with Crippen LogP contribution in [0.25, 0.3) is 11.3 Å². The average molecular weight is 249 g/mol. The van der Waals surface area contributed by atoms with Gasteiger partial charge < -0.3 is 14.9 Å². The quantitative estimate of drug-likeness (QED) is 0.848. The number of pyridine rings is 1. The van der Waals surface area contributed by atoms with Gasteiger partial charge in [0.15, 0.2) is 0 Å². The smallest absolute Gasteiger partial charge is 0.242 e. The fraction of sp³-hybridized carbons (Fsp3) is 0.333. The maximum atomic E-state index is 9.48. The first-order chi connectivity index (χ1) is 8.58. The number of ether oxygens (including phenoxy) is 1. The van der Waals surface area contributed by atoms with Crippen LogP contribution in [0, 0.1) is 6.92 Å². The predicted octanol–water partition coefficient (Wildman–Crippen LogP) is 0.997. The monoisotopic (exact) mass is 249 g/mol. The van der Waals surface area contributed by atoms with E-state index >= 15 is 0 Å². The molecule has 0 saturated carbocycles. The summed E-state index contributed by atoms with van der Waals surface area (Å²) in [5.41, 5.74) is 2.39. The minimum absolute atomic E-state index is 0.132. The molecule has 0 unspecified atom stereocenters. The number of aromatic hydroxyl groups is 1. The molecule has 2 N–H and O–H groups in total. The first-order valence-corrected chi connectivity index (χ1v) is 5.46. The number of hydrogen-bond donors (Lipinski definition) is 2. The number of hydrogen-bond acceptors (Lipinski definition) is 5. The second-order valence-electron chi connectivity index (χ2n) is 3.91. The highest BCUT2D eigenvalue weighted by molar-refractivity contribution is 5.68. The number of aliphatic hydroxyl groups excluding tert-OH is 1. The van der Waals surface area contributed by atoms with Gasteiger partial charge in [-0.25, -0.2) is 4.98 Å². The van der Waals surface area contributed by atoms with Crippen LogP contribution in [0.15, 0.2) is 12.1 Å². The molecule has 96 valence electrons.